The largest absolute Gasteiger partial charge is 0.378 e. The molecule has 1 aromatic carbocycles. The van der Waals surface area contributed by atoms with Gasteiger partial charge < -0.3 is 19.5 Å². The van der Waals surface area contributed by atoms with Gasteiger partial charge in [0.25, 0.3) is 0 Å². The van der Waals surface area contributed by atoms with Gasteiger partial charge in [0.05, 0.1) is 18.6 Å². The zero-order valence-corrected chi connectivity index (χ0v) is 14.6. The number of nitrogens with one attached hydrogen (secondary N) is 1. The van der Waals surface area contributed by atoms with E-state index in [0.29, 0.717) is 0 Å². The Bertz CT molecular complexity index is 970. The first kappa shape index (κ1) is 15.0. The second-order valence-corrected chi connectivity index (χ2v) is 7.38. The average Bonchev–Trinajstić information content (AvgIpc) is 3.30. The normalized spacial score (nSPS) is 17.3. The number of hydrogen-bond donors (Lipinski definition) is 1. The van der Waals surface area contributed by atoms with E-state index in [0.717, 1.165) is 66.6 Å². The van der Waals surface area contributed by atoms with Gasteiger partial charge in [0.2, 0.25) is 0 Å². The molecular weight excluding hydrogens is 334 g/mol. The summed E-state index contributed by atoms with van der Waals surface area (Å²) in [5, 5.41) is 2.78. The maximum absolute atomic E-state index is 12.7. The maximum Gasteiger partial charge on any atom is 0.195 e. The molecule has 0 radical (unpaired) electrons. The number of pyridine rings is 1. The van der Waals surface area contributed by atoms with Gasteiger partial charge in [-0.1, -0.05) is 0 Å². The van der Waals surface area contributed by atoms with Crippen LogP contribution in [-0.2, 0) is 11.2 Å². The SMILES string of the molecule is O=c1c2c([nH]c3sccc13)N(c1ccc(N3CCOCC3)cc1)CC2. The summed E-state index contributed by atoms with van der Waals surface area (Å²) in [5.41, 5.74) is 3.44. The number of aromatic amines is 1. The van der Waals surface area contributed by atoms with Crippen LogP contribution in [0.3, 0.4) is 0 Å². The highest BCUT2D eigenvalue weighted by atomic mass is 32.1. The molecule has 2 aliphatic rings. The molecule has 0 unspecified atom stereocenters. The predicted octanol–water partition coefficient (Wildman–Crippen LogP) is 3.12. The van der Waals surface area contributed by atoms with Crippen molar-refractivity contribution in [2.45, 2.75) is 6.42 Å². The summed E-state index contributed by atoms with van der Waals surface area (Å²) in [6, 6.07) is 10.5. The number of fused-ring (bicyclic) bond motifs is 2. The Kier molecular flexibility index (Phi) is 3.53. The molecule has 0 atom stereocenters. The van der Waals surface area contributed by atoms with E-state index in [-0.39, 0.29) is 5.43 Å². The second-order valence-electron chi connectivity index (χ2n) is 6.46. The Morgan fingerprint density at radius 1 is 1.00 bits per heavy atom. The summed E-state index contributed by atoms with van der Waals surface area (Å²) in [5.74, 6) is 0.957. The second kappa shape index (κ2) is 5.89. The van der Waals surface area contributed by atoms with E-state index in [4.69, 9.17) is 4.74 Å². The van der Waals surface area contributed by atoms with Gasteiger partial charge in [-0.05, 0) is 42.1 Å². The lowest BCUT2D eigenvalue weighted by molar-refractivity contribution is 0.122. The first-order chi connectivity index (χ1) is 12.3. The fourth-order valence-corrected chi connectivity index (χ4v) is 4.54. The van der Waals surface area contributed by atoms with E-state index in [1.165, 1.54) is 5.69 Å². The topological polar surface area (TPSA) is 48.6 Å². The van der Waals surface area contributed by atoms with Crippen LogP contribution in [0.1, 0.15) is 5.56 Å². The average molecular weight is 353 g/mol. The van der Waals surface area contributed by atoms with Gasteiger partial charge in [-0.2, -0.15) is 0 Å². The highest BCUT2D eigenvalue weighted by molar-refractivity contribution is 7.16. The zero-order valence-electron chi connectivity index (χ0n) is 13.8. The molecule has 0 bridgehead atoms. The molecule has 2 aliphatic heterocycles. The number of aromatic nitrogens is 1. The third kappa shape index (κ3) is 2.44. The lowest BCUT2D eigenvalue weighted by atomic mass is 10.2. The molecule has 128 valence electrons. The number of hydrogen-bond acceptors (Lipinski definition) is 5. The van der Waals surface area contributed by atoms with E-state index in [9.17, 15) is 4.79 Å². The molecule has 0 aliphatic carbocycles. The van der Waals surface area contributed by atoms with Crippen LogP contribution in [0.4, 0.5) is 17.2 Å². The molecule has 1 N–H and O–H groups in total. The fourth-order valence-electron chi connectivity index (χ4n) is 3.76. The molecule has 3 aromatic rings. The van der Waals surface area contributed by atoms with Crippen molar-refractivity contribution in [3.63, 3.8) is 0 Å². The summed E-state index contributed by atoms with van der Waals surface area (Å²) in [6.07, 6.45) is 0.793. The van der Waals surface area contributed by atoms with E-state index in [2.05, 4.69) is 39.0 Å². The molecule has 25 heavy (non-hydrogen) atoms. The van der Waals surface area contributed by atoms with Crippen molar-refractivity contribution in [3.05, 3.63) is 51.5 Å². The molecule has 5 rings (SSSR count). The molecule has 0 amide bonds. The summed E-state index contributed by atoms with van der Waals surface area (Å²) >= 11 is 1.59. The summed E-state index contributed by atoms with van der Waals surface area (Å²) < 4.78 is 5.42. The maximum atomic E-state index is 12.7. The lowest BCUT2D eigenvalue weighted by Crippen LogP contribution is -2.36. The minimum Gasteiger partial charge on any atom is -0.378 e. The predicted molar refractivity (Wildman–Crippen MR) is 103 cm³/mol. The van der Waals surface area contributed by atoms with Crippen molar-refractivity contribution in [2.75, 3.05) is 42.6 Å². The van der Waals surface area contributed by atoms with Crippen LogP contribution in [0.25, 0.3) is 10.2 Å². The number of ether oxygens (including phenoxy) is 1. The van der Waals surface area contributed by atoms with Gasteiger partial charge >= 0.3 is 0 Å². The Balaban J connectivity index is 1.49. The smallest absolute Gasteiger partial charge is 0.195 e. The van der Waals surface area contributed by atoms with Crippen molar-refractivity contribution in [1.29, 1.82) is 0 Å². The number of morpholine rings is 1. The van der Waals surface area contributed by atoms with Gasteiger partial charge in [-0.3, -0.25) is 4.79 Å². The van der Waals surface area contributed by atoms with E-state index in [1.54, 1.807) is 11.3 Å². The highest BCUT2D eigenvalue weighted by Crippen LogP contribution is 2.34. The van der Waals surface area contributed by atoms with Crippen LogP contribution < -0.4 is 15.2 Å². The van der Waals surface area contributed by atoms with Gasteiger partial charge in [-0.25, -0.2) is 0 Å². The van der Waals surface area contributed by atoms with E-state index < -0.39 is 0 Å². The van der Waals surface area contributed by atoms with Gasteiger partial charge in [0.1, 0.15) is 10.6 Å². The molecule has 5 nitrogen and oxygen atoms in total. The van der Waals surface area contributed by atoms with Crippen molar-refractivity contribution in [3.8, 4) is 0 Å². The van der Waals surface area contributed by atoms with Gasteiger partial charge in [0.15, 0.2) is 5.43 Å². The molecule has 0 saturated carbocycles. The van der Waals surface area contributed by atoms with Gasteiger partial charge in [-0.15, -0.1) is 11.3 Å². The highest BCUT2D eigenvalue weighted by Gasteiger charge is 2.25. The lowest BCUT2D eigenvalue weighted by Gasteiger charge is -2.29. The Morgan fingerprint density at radius 2 is 1.76 bits per heavy atom. The number of rotatable bonds is 2. The van der Waals surface area contributed by atoms with Crippen molar-refractivity contribution in [1.82, 2.24) is 4.98 Å². The van der Waals surface area contributed by atoms with Crippen LogP contribution >= 0.6 is 11.3 Å². The quantitative estimate of drug-likeness (QED) is 0.769. The van der Waals surface area contributed by atoms with Crippen LogP contribution in [0, 0.1) is 0 Å². The number of thiophene rings is 1. The summed E-state index contributed by atoms with van der Waals surface area (Å²) in [4.78, 5) is 21.7. The van der Waals surface area contributed by atoms with Crippen LogP contribution in [0.2, 0.25) is 0 Å². The standard InChI is InChI=1S/C19H19N3O2S/c23-17-15-5-7-22(18(15)20-19-16(17)6-12-25-19)14-3-1-13(2-4-14)21-8-10-24-11-9-21/h1-4,6,12H,5,7-11H2,(H,20,23). The molecule has 2 aromatic heterocycles. The van der Waals surface area contributed by atoms with Crippen LogP contribution in [0.15, 0.2) is 40.5 Å². The minimum absolute atomic E-state index is 0.178. The van der Waals surface area contributed by atoms with E-state index in [1.807, 2.05) is 11.4 Å². The number of nitrogens with zero attached hydrogens (tertiary/aromatic N) is 2. The van der Waals surface area contributed by atoms with E-state index >= 15 is 0 Å². The molecule has 1 saturated heterocycles. The Morgan fingerprint density at radius 3 is 2.56 bits per heavy atom. The monoisotopic (exact) mass is 353 g/mol. The number of benzene rings is 1. The number of anilines is 3. The van der Waals surface area contributed by atoms with Crippen LogP contribution in [-0.4, -0.2) is 37.8 Å². The first-order valence-electron chi connectivity index (χ1n) is 8.64. The Hall–Kier alpha value is -2.31. The zero-order chi connectivity index (χ0) is 16.8. The van der Waals surface area contributed by atoms with Crippen molar-refractivity contribution in [2.24, 2.45) is 0 Å². The first-order valence-corrected chi connectivity index (χ1v) is 9.52. The summed E-state index contributed by atoms with van der Waals surface area (Å²) in [7, 11) is 0. The Labute approximate surface area is 149 Å². The van der Waals surface area contributed by atoms with Crippen molar-refractivity contribution < 1.29 is 4.74 Å². The fraction of sp³-hybridized carbons (Fsp3) is 0.316. The third-order valence-electron chi connectivity index (χ3n) is 5.09. The molecule has 4 heterocycles. The summed E-state index contributed by atoms with van der Waals surface area (Å²) in [6.45, 7) is 4.30. The van der Waals surface area contributed by atoms with Crippen LogP contribution in [0.5, 0.6) is 0 Å². The number of H-pyrrole nitrogens is 1. The molecular formula is C19H19N3O2S. The molecule has 0 spiro atoms. The van der Waals surface area contributed by atoms with Crippen molar-refractivity contribution >= 4 is 38.7 Å². The van der Waals surface area contributed by atoms with Gasteiger partial charge in [0, 0.05) is 36.6 Å². The third-order valence-corrected chi connectivity index (χ3v) is 5.92. The molecule has 1 fully saturated rings. The minimum atomic E-state index is 0.178. The molecule has 6 heteroatoms.